The van der Waals surface area contributed by atoms with E-state index < -0.39 is 12.1 Å². The van der Waals surface area contributed by atoms with Crippen molar-refractivity contribution < 1.29 is 19.8 Å². The van der Waals surface area contributed by atoms with Crippen molar-refractivity contribution in [3.63, 3.8) is 0 Å². The zero-order valence-electron chi connectivity index (χ0n) is 11.5. The van der Waals surface area contributed by atoms with Crippen molar-refractivity contribution >= 4 is 12.0 Å². The predicted octanol–water partition coefficient (Wildman–Crippen LogP) is -0.585. The van der Waals surface area contributed by atoms with Gasteiger partial charge in [-0.15, -0.1) is 0 Å². The van der Waals surface area contributed by atoms with Crippen molar-refractivity contribution in [2.45, 2.75) is 20.0 Å². The van der Waals surface area contributed by atoms with E-state index >= 15 is 0 Å². The van der Waals surface area contributed by atoms with E-state index in [1.165, 1.54) is 0 Å². The molecular formula is C12H23N3O4. The molecule has 1 unspecified atom stereocenters. The molecule has 3 N–H and O–H groups in total. The highest BCUT2D eigenvalue weighted by molar-refractivity contribution is 5.76. The lowest BCUT2D eigenvalue weighted by atomic mass is 10.2. The number of carboxylic acid groups (broad SMARTS) is 1. The average Bonchev–Trinajstić information content (AvgIpc) is 2.35. The Balaban J connectivity index is 2.27. The summed E-state index contributed by atoms with van der Waals surface area (Å²) in [6, 6.07) is -0.315. The first-order valence-electron chi connectivity index (χ1n) is 6.56. The van der Waals surface area contributed by atoms with Crippen LogP contribution in [0.1, 0.15) is 13.8 Å². The first-order valence-corrected chi connectivity index (χ1v) is 6.56. The quantitative estimate of drug-likeness (QED) is 0.623. The first kappa shape index (κ1) is 15.7. The lowest BCUT2D eigenvalue weighted by Gasteiger charge is -2.35. The largest absolute Gasteiger partial charge is 0.479 e. The van der Waals surface area contributed by atoms with Gasteiger partial charge in [-0.3, -0.25) is 4.90 Å². The number of aliphatic hydroxyl groups is 1. The molecule has 7 heteroatoms. The van der Waals surface area contributed by atoms with Gasteiger partial charge >= 0.3 is 12.0 Å². The topological polar surface area (TPSA) is 93.1 Å². The Morgan fingerprint density at radius 1 is 1.21 bits per heavy atom. The molecule has 1 heterocycles. The number of carbonyl (C=O) groups excluding carboxylic acids is 1. The van der Waals surface area contributed by atoms with Crippen LogP contribution in [0.4, 0.5) is 4.79 Å². The number of hydrogen-bond donors (Lipinski definition) is 3. The number of carbonyl (C=O) groups is 2. The smallest absolute Gasteiger partial charge is 0.334 e. The highest BCUT2D eigenvalue weighted by Gasteiger charge is 2.22. The van der Waals surface area contributed by atoms with Crippen LogP contribution in [0.2, 0.25) is 0 Å². The van der Waals surface area contributed by atoms with Crippen molar-refractivity contribution in [3.8, 4) is 0 Å². The number of rotatable bonds is 5. The van der Waals surface area contributed by atoms with Crippen molar-refractivity contribution in [2.75, 3.05) is 39.3 Å². The minimum absolute atomic E-state index is 0.264. The molecule has 1 atom stereocenters. The maximum atomic E-state index is 11.7. The summed E-state index contributed by atoms with van der Waals surface area (Å²) in [5.41, 5.74) is 0. The van der Waals surface area contributed by atoms with Gasteiger partial charge in [-0.25, -0.2) is 9.59 Å². The summed E-state index contributed by atoms with van der Waals surface area (Å²) in [6.07, 6.45) is -1.55. The van der Waals surface area contributed by atoms with Crippen LogP contribution in [0.15, 0.2) is 0 Å². The number of carboxylic acids is 1. The highest BCUT2D eigenvalue weighted by Crippen LogP contribution is 2.05. The van der Waals surface area contributed by atoms with E-state index in [1.54, 1.807) is 4.90 Å². The van der Waals surface area contributed by atoms with E-state index in [0.29, 0.717) is 19.0 Å². The normalized spacial score (nSPS) is 18.4. The molecular weight excluding hydrogens is 250 g/mol. The Bertz CT molecular complexity index is 314. The first-order chi connectivity index (χ1) is 8.90. The zero-order chi connectivity index (χ0) is 14.4. The molecule has 19 heavy (non-hydrogen) atoms. The second-order valence-corrected chi connectivity index (χ2v) is 5.22. The number of urea groups is 1. The Labute approximate surface area is 113 Å². The third-order valence-corrected chi connectivity index (χ3v) is 3.01. The summed E-state index contributed by atoms with van der Waals surface area (Å²) in [6.45, 7) is 7.98. The van der Waals surface area contributed by atoms with Crippen molar-refractivity contribution in [3.05, 3.63) is 0 Å². The molecule has 1 aliphatic rings. The van der Waals surface area contributed by atoms with E-state index in [4.69, 9.17) is 10.2 Å². The number of aliphatic carboxylic acids is 1. The van der Waals surface area contributed by atoms with Gasteiger partial charge in [-0.2, -0.15) is 0 Å². The van der Waals surface area contributed by atoms with Gasteiger partial charge in [0.15, 0.2) is 6.10 Å². The van der Waals surface area contributed by atoms with Crippen LogP contribution in [0.5, 0.6) is 0 Å². The summed E-state index contributed by atoms with van der Waals surface area (Å²) in [4.78, 5) is 26.1. The monoisotopic (exact) mass is 273 g/mol. The van der Waals surface area contributed by atoms with E-state index in [0.717, 1.165) is 19.6 Å². The third-order valence-electron chi connectivity index (χ3n) is 3.01. The van der Waals surface area contributed by atoms with Crippen molar-refractivity contribution in [2.24, 2.45) is 5.92 Å². The standard InChI is InChI=1S/C12H23N3O4/c1-9(2)8-14-3-5-15(6-4-14)12(19)13-7-10(16)11(17)18/h9-10,16H,3-8H2,1-2H3,(H,13,19)(H,17,18). The molecule has 0 aliphatic carbocycles. The van der Waals surface area contributed by atoms with Crippen LogP contribution in [0, 0.1) is 5.92 Å². The van der Waals surface area contributed by atoms with Gasteiger partial charge < -0.3 is 20.4 Å². The fourth-order valence-electron chi connectivity index (χ4n) is 2.03. The van der Waals surface area contributed by atoms with Crippen LogP contribution < -0.4 is 5.32 Å². The number of amides is 2. The lowest BCUT2D eigenvalue weighted by Crippen LogP contribution is -2.53. The van der Waals surface area contributed by atoms with E-state index in [2.05, 4.69) is 24.1 Å². The number of nitrogens with zero attached hydrogens (tertiary/aromatic N) is 2. The fourth-order valence-corrected chi connectivity index (χ4v) is 2.03. The Morgan fingerprint density at radius 2 is 1.79 bits per heavy atom. The van der Waals surface area contributed by atoms with Gasteiger partial charge in [-0.1, -0.05) is 13.8 Å². The van der Waals surface area contributed by atoms with E-state index in [9.17, 15) is 9.59 Å². The molecule has 2 amide bonds. The Hall–Kier alpha value is -1.34. The maximum absolute atomic E-state index is 11.7. The SMILES string of the molecule is CC(C)CN1CCN(C(=O)NCC(O)C(=O)O)CC1. The molecule has 110 valence electrons. The van der Waals surface area contributed by atoms with Gasteiger partial charge in [0.25, 0.3) is 0 Å². The molecule has 0 aromatic rings. The summed E-state index contributed by atoms with van der Waals surface area (Å²) in [5.74, 6) is -0.729. The maximum Gasteiger partial charge on any atom is 0.334 e. The Kier molecular flexibility index (Phi) is 6.04. The Morgan fingerprint density at radius 3 is 2.26 bits per heavy atom. The number of hydrogen-bond acceptors (Lipinski definition) is 4. The molecule has 1 saturated heterocycles. The van der Waals surface area contributed by atoms with Crippen molar-refractivity contribution in [1.82, 2.24) is 15.1 Å². The lowest BCUT2D eigenvalue weighted by molar-refractivity contribution is -0.146. The number of nitrogens with one attached hydrogen (secondary N) is 1. The molecule has 7 nitrogen and oxygen atoms in total. The minimum atomic E-state index is -1.55. The molecule has 1 fully saturated rings. The molecule has 0 bridgehead atoms. The molecule has 0 saturated carbocycles. The minimum Gasteiger partial charge on any atom is -0.479 e. The highest BCUT2D eigenvalue weighted by atomic mass is 16.4. The molecule has 1 rings (SSSR count). The van der Waals surface area contributed by atoms with Crippen LogP contribution >= 0.6 is 0 Å². The van der Waals surface area contributed by atoms with Crippen molar-refractivity contribution in [1.29, 1.82) is 0 Å². The summed E-state index contributed by atoms with van der Waals surface area (Å²) < 4.78 is 0. The third kappa shape index (κ3) is 5.44. The van der Waals surface area contributed by atoms with Gasteiger partial charge in [0.2, 0.25) is 0 Å². The second-order valence-electron chi connectivity index (χ2n) is 5.22. The van der Waals surface area contributed by atoms with Crippen LogP contribution in [-0.4, -0.2) is 77.4 Å². The summed E-state index contributed by atoms with van der Waals surface area (Å²) >= 11 is 0. The molecule has 1 aliphatic heterocycles. The summed E-state index contributed by atoms with van der Waals surface area (Å²) in [5, 5.41) is 20.0. The van der Waals surface area contributed by atoms with Gasteiger partial charge in [0, 0.05) is 32.7 Å². The zero-order valence-corrected chi connectivity index (χ0v) is 11.5. The molecule has 0 aromatic heterocycles. The van der Waals surface area contributed by atoms with E-state index in [1.807, 2.05) is 0 Å². The fraction of sp³-hybridized carbons (Fsp3) is 0.833. The number of piperazine rings is 1. The molecule has 0 spiro atoms. The van der Waals surface area contributed by atoms with Gasteiger partial charge in [-0.05, 0) is 5.92 Å². The molecule has 0 radical (unpaired) electrons. The number of aliphatic hydroxyl groups excluding tert-OH is 1. The van der Waals surface area contributed by atoms with Gasteiger partial charge in [0.05, 0.1) is 6.54 Å². The van der Waals surface area contributed by atoms with Crippen LogP contribution in [0.3, 0.4) is 0 Å². The van der Waals surface area contributed by atoms with Crippen LogP contribution in [0.25, 0.3) is 0 Å². The molecule has 0 aromatic carbocycles. The predicted molar refractivity (Wildman–Crippen MR) is 69.9 cm³/mol. The van der Waals surface area contributed by atoms with Crippen LogP contribution in [-0.2, 0) is 4.79 Å². The summed E-state index contributed by atoms with van der Waals surface area (Å²) in [7, 11) is 0. The van der Waals surface area contributed by atoms with Gasteiger partial charge in [0.1, 0.15) is 0 Å². The average molecular weight is 273 g/mol. The second kappa shape index (κ2) is 7.30. The van der Waals surface area contributed by atoms with E-state index in [-0.39, 0.29) is 12.6 Å².